The fourth-order valence-corrected chi connectivity index (χ4v) is 4.55. The molecule has 0 saturated carbocycles. The van der Waals surface area contributed by atoms with Crippen molar-refractivity contribution in [2.24, 2.45) is 0 Å². The van der Waals surface area contributed by atoms with Crippen molar-refractivity contribution in [1.29, 1.82) is 0 Å². The van der Waals surface area contributed by atoms with Gasteiger partial charge in [0.15, 0.2) is 0 Å². The van der Waals surface area contributed by atoms with E-state index in [0.717, 1.165) is 38.2 Å². The van der Waals surface area contributed by atoms with E-state index in [1.54, 1.807) is 0 Å². The molecule has 1 saturated heterocycles. The topological polar surface area (TPSA) is 32.7 Å². The highest BCUT2D eigenvalue weighted by Gasteiger charge is 2.25. The summed E-state index contributed by atoms with van der Waals surface area (Å²) < 4.78 is 6.04. The number of piperidine rings is 1. The number of thiophene rings is 1. The second-order valence-electron chi connectivity index (χ2n) is 6.10. The van der Waals surface area contributed by atoms with Crippen molar-refractivity contribution in [3.05, 3.63) is 57.3 Å². The highest BCUT2D eigenvalue weighted by atomic mass is 32.1. The lowest BCUT2D eigenvalue weighted by atomic mass is 9.91. The van der Waals surface area contributed by atoms with Gasteiger partial charge in [0, 0.05) is 41.2 Å². The maximum absolute atomic E-state index is 9.13. The van der Waals surface area contributed by atoms with Gasteiger partial charge in [-0.3, -0.25) is 0 Å². The molecule has 0 amide bonds. The zero-order chi connectivity index (χ0) is 15.6. The summed E-state index contributed by atoms with van der Waals surface area (Å²) in [5.41, 5.74) is 5.46. The van der Waals surface area contributed by atoms with Gasteiger partial charge in [-0.15, -0.1) is 11.3 Å². The number of hydrogen-bond donors (Lipinski definition) is 1. The Hall–Kier alpha value is -1.62. The molecule has 0 spiro atoms. The predicted octanol–water partition coefficient (Wildman–Crippen LogP) is 3.53. The third-order valence-electron chi connectivity index (χ3n) is 4.74. The SMILES string of the molecule is OCCN1CCC(=C2c3ccccc3OCc3ccsc32)CC1. The van der Waals surface area contributed by atoms with Crippen LogP contribution in [0.3, 0.4) is 0 Å². The van der Waals surface area contributed by atoms with Crippen LogP contribution in [0.2, 0.25) is 0 Å². The van der Waals surface area contributed by atoms with E-state index in [0.29, 0.717) is 6.61 Å². The number of aliphatic hydroxyl groups is 1. The largest absolute Gasteiger partial charge is 0.488 e. The third-order valence-corrected chi connectivity index (χ3v) is 5.72. The Labute approximate surface area is 140 Å². The molecule has 3 heterocycles. The minimum atomic E-state index is 0.248. The summed E-state index contributed by atoms with van der Waals surface area (Å²) in [6.07, 6.45) is 2.14. The molecule has 0 aliphatic carbocycles. The quantitative estimate of drug-likeness (QED) is 0.916. The standard InChI is InChI=1S/C19H21NO2S/c21-11-10-20-8-5-14(6-9-20)18-16-3-1-2-4-17(16)22-13-15-7-12-23-19(15)18/h1-4,7,12,21H,5-6,8-11,13H2. The molecular formula is C19H21NO2S. The van der Waals surface area contributed by atoms with Crippen LogP contribution < -0.4 is 4.74 Å². The number of benzene rings is 1. The van der Waals surface area contributed by atoms with Gasteiger partial charge >= 0.3 is 0 Å². The molecule has 2 aliphatic heterocycles. The number of rotatable bonds is 2. The van der Waals surface area contributed by atoms with Crippen LogP contribution in [0.1, 0.15) is 28.8 Å². The van der Waals surface area contributed by atoms with Gasteiger partial charge in [0.25, 0.3) is 0 Å². The fourth-order valence-electron chi connectivity index (χ4n) is 3.53. The summed E-state index contributed by atoms with van der Waals surface area (Å²) in [5.74, 6) is 0.996. The smallest absolute Gasteiger partial charge is 0.127 e. The summed E-state index contributed by atoms with van der Waals surface area (Å²) in [4.78, 5) is 3.72. The Morgan fingerprint density at radius 1 is 1.13 bits per heavy atom. The third kappa shape index (κ3) is 2.82. The number of hydrogen-bond acceptors (Lipinski definition) is 4. The first kappa shape index (κ1) is 14.9. The monoisotopic (exact) mass is 327 g/mol. The van der Waals surface area contributed by atoms with Gasteiger partial charge in [-0.25, -0.2) is 0 Å². The molecule has 120 valence electrons. The van der Waals surface area contributed by atoms with Crippen molar-refractivity contribution in [2.45, 2.75) is 19.4 Å². The molecule has 2 aliphatic rings. The van der Waals surface area contributed by atoms with Crippen LogP contribution in [0.5, 0.6) is 5.75 Å². The van der Waals surface area contributed by atoms with Crippen LogP contribution in [0.15, 0.2) is 41.3 Å². The van der Waals surface area contributed by atoms with Gasteiger partial charge in [-0.2, -0.15) is 0 Å². The normalized spacial score (nSPS) is 18.1. The summed E-state index contributed by atoms with van der Waals surface area (Å²) in [6.45, 7) is 3.75. The Bertz CT molecular complexity index is 724. The van der Waals surface area contributed by atoms with E-state index in [-0.39, 0.29) is 6.61 Å². The molecule has 0 unspecified atom stereocenters. The Balaban J connectivity index is 1.78. The van der Waals surface area contributed by atoms with E-state index < -0.39 is 0 Å². The molecular weight excluding hydrogens is 306 g/mol. The molecule has 1 fully saturated rings. The van der Waals surface area contributed by atoms with Crippen molar-refractivity contribution in [1.82, 2.24) is 4.90 Å². The molecule has 23 heavy (non-hydrogen) atoms. The van der Waals surface area contributed by atoms with E-state index in [4.69, 9.17) is 9.84 Å². The van der Waals surface area contributed by atoms with Crippen molar-refractivity contribution in [2.75, 3.05) is 26.2 Å². The van der Waals surface area contributed by atoms with E-state index >= 15 is 0 Å². The lowest BCUT2D eigenvalue weighted by molar-refractivity contribution is 0.187. The zero-order valence-corrected chi connectivity index (χ0v) is 13.9. The summed E-state index contributed by atoms with van der Waals surface area (Å²) in [7, 11) is 0. The van der Waals surface area contributed by atoms with E-state index in [9.17, 15) is 0 Å². The Kier molecular flexibility index (Phi) is 4.21. The minimum Gasteiger partial charge on any atom is -0.488 e. The highest BCUT2D eigenvalue weighted by Crippen LogP contribution is 2.42. The first-order chi connectivity index (χ1) is 11.4. The molecule has 2 aromatic rings. The van der Waals surface area contributed by atoms with Crippen LogP contribution in [-0.2, 0) is 6.61 Å². The number of likely N-dealkylation sites (tertiary alicyclic amines) is 1. The average Bonchev–Trinajstić information content (AvgIpc) is 2.98. The van der Waals surface area contributed by atoms with Gasteiger partial charge < -0.3 is 14.7 Å². The summed E-state index contributed by atoms with van der Waals surface area (Å²) in [6, 6.07) is 10.6. The fraction of sp³-hybridized carbons (Fsp3) is 0.368. The van der Waals surface area contributed by atoms with Gasteiger partial charge in [-0.05, 0) is 30.4 Å². The van der Waals surface area contributed by atoms with Crippen molar-refractivity contribution in [3.63, 3.8) is 0 Å². The van der Waals surface area contributed by atoms with Crippen LogP contribution in [-0.4, -0.2) is 36.2 Å². The summed E-state index contributed by atoms with van der Waals surface area (Å²) >= 11 is 1.82. The number of nitrogens with zero attached hydrogens (tertiary/aromatic N) is 1. The molecule has 4 rings (SSSR count). The molecule has 3 nitrogen and oxygen atoms in total. The molecule has 0 bridgehead atoms. The average molecular weight is 327 g/mol. The minimum absolute atomic E-state index is 0.248. The number of ether oxygens (including phenoxy) is 1. The van der Waals surface area contributed by atoms with Gasteiger partial charge in [0.1, 0.15) is 12.4 Å². The second-order valence-corrected chi connectivity index (χ2v) is 7.02. The van der Waals surface area contributed by atoms with Crippen LogP contribution in [0.4, 0.5) is 0 Å². The lowest BCUT2D eigenvalue weighted by Gasteiger charge is -2.29. The van der Waals surface area contributed by atoms with Gasteiger partial charge in [-0.1, -0.05) is 23.8 Å². The maximum Gasteiger partial charge on any atom is 0.127 e. The van der Waals surface area contributed by atoms with E-state index in [2.05, 4.69) is 34.5 Å². The first-order valence-corrected chi connectivity index (χ1v) is 9.09. The van der Waals surface area contributed by atoms with Crippen LogP contribution in [0, 0.1) is 0 Å². The van der Waals surface area contributed by atoms with Gasteiger partial charge in [0.05, 0.1) is 6.61 Å². The lowest BCUT2D eigenvalue weighted by Crippen LogP contribution is -2.33. The molecule has 1 aromatic carbocycles. The van der Waals surface area contributed by atoms with Crippen molar-refractivity contribution < 1.29 is 9.84 Å². The number of fused-ring (bicyclic) bond motifs is 2. The maximum atomic E-state index is 9.13. The zero-order valence-electron chi connectivity index (χ0n) is 13.1. The number of aliphatic hydroxyl groups excluding tert-OH is 1. The Morgan fingerprint density at radius 2 is 1.96 bits per heavy atom. The second kappa shape index (κ2) is 6.48. The van der Waals surface area contributed by atoms with Gasteiger partial charge in [0.2, 0.25) is 0 Å². The number of β-amino-alcohol motifs (C(OH)–C–C–N with tert-alkyl or cyclic N) is 1. The molecule has 0 radical (unpaired) electrons. The predicted molar refractivity (Wildman–Crippen MR) is 93.9 cm³/mol. The van der Waals surface area contributed by atoms with E-state index in [1.165, 1.54) is 27.2 Å². The molecule has 0 atom stereocenters. The van der Waals surface area contributed by atoms with E-state index in [1.807, 2.05) is 17.4 Å². The van der Waals surface area contributed by atoms with Crippen LogP contribution in [0.25, 0.3) is 5.57 Å². The highest BCUT2D eigenvalue weighted by molar-refractivity contribution is 7.11. The Morgan fingerprint density at radius 3 is 2.78 bits per heavy atom. The van der Waals surface area contributed by atoms with Crippen molar-refractivity contribution in [3.8, 4) is 5.75 Å². The molecule has 4 heteroatoms. The first-order valence-electron chi connectivity index (χ1n) is 8.21. The number of para-hydroxylation sites is 1. The molecule has 1 N–H and O–H groups in total. The summed E-state index contributed by atoms with van der Waals surface area (Å²) in [5, 5.41) is 11.3. The molecule has 1 aromatic heterocycles. The van der Waals surface area contributed by atoms with Crippen LogP contribution >= 0.6 is 11.3 Å². The van der Waals surface area contributed by atoms with Crippen molar-refractivity contribution >= 4 is 16.9 Å².